The van der Waals surface area contributed by atoms with Gasteiger partial charge in [0.05, 0.1) is 0 Å². The Kier molecular flexibility index (Phi) is 3.93. The smallest absolute Gasteiger partial charge is 0.433 e. The summed E-state index contributed by atoms with van der Waals surface area (Å²) in [6.45, 7) is 4.70. The van der Waals surface area contributed by atoms with Gasteiger partial charge in [0.1, 0.15) is 0 Å². The van der Waals surface area contributed by atoms with Crippen molar-refractivity contribution in [2.75, 3.05) is 6.61 Å². The summed E-state index contributed by atoms with van der Waals surface area (Å²) >= 11 is 0. The van der Waals surface area contributed by atoms with E-state index in [1.165, 1.54) is 0 Å². The van der Waals surface area contributed by atoms with E-state index in [2.05, 4.69) is 9.97 Å². The average molecular weight is 262 g/mol. The lowest BCUT2D eigenvalue weighted by Crippen LogP contribution is -2.26. The van der Waals surface area contributed by atoms with Crippen molar-refractivity contribution >= 4 is 5.78 Å². The van der Waals surface area contributed by atoms with Gasteiger partial charge in [0.15, 0.2) is 18.1 Å². The second-order valence-corrected chi connectivity index (χ2v) is 4.68. The first-order valence-corrected chi connectivity index (χ1v) is 5.17. The molecule has 0 saturated carbocycles. The minimum absolute atomic E-state index is 0.247. The number of carbonyl (C=O) groups is 1. The van der Waals surface area contributed by atoms with E-state index >= 15 is 0 Å². The molecular weight excluding hydrogens is 249 g/mol. The summed E-state index contributed by atoms with van der Waals surface area (Å²) in [5.74, 6) is -0.247. The van der Waals surface area contributed by atoms with Gasteiger partial charge >= 0.3 is 12.2 Å². The van der Waals surface area contributed by atoms with Gasteiger partial charge in [-0.25, -0.2) is 4.98 Å². The van der Waals surface area contributed by atoms with Crippen LogP contribution in [0.15, 0.2) is 12.3 Å². The van der Waals surface area contributed by atoms with E-state index in [4.69, 9.17) is 4.74 Å². The Hall–Kier alpha value is -1.66. The van der Waals surface area contributed by atoms with Crippen LogP contribution in [0.4, 0.5) is 13.2 Å². The summed E-state index contributed by atoms with van der Waals surface area (Å²) in [5.41, 5.74) is -1.72. The Morgan fingerprint density at radius 2 is 1.94 bits per heavy atom. The zero-order chi connectivity index (χ0) is 14.0. The van der Waals surface area contributed by atoms with Crippen LogP contribution < -0.4 is 4.74 Å². The minimum atomic E-state index is -4.56. The summed E-state index contributed by atoms with van der Waals surface area (Å²) in [7, 11) is 0. The maximum absolute atomic E-state index is 12.3. The summed E-state index contributed by atoms with van der Waals surface area (Å²) in [5, 5.41) is 0. The molecule has 0 N–H and O–H groups in total. The molecule has 0 amide bonds. The molecule has 0 spiro atoms. The number of Topliss-reactive ketones (excluding diaryl/α,β-unsaturated/α-hetero) is 1. The molecule has 0 bridgehead atoms. The summed E-state index contributed by atoms with van der Waals surface area (Å²) in [6.07, 6.45) is -3.62. The number of rotatable bonds is 3. The summed E-state index contributed by atoms with van der Waals surface area (Å²) in [6, 6.07) is 0.278. The van der Waals surface area contributed by atoms with E-state index in [-0.39, 0.29) is 12.4 Å². The monoisotopic (exact) mass is 262 g/mol. The highest BCUT2D eigenvalue weighted by Crippen LogP contribution is 2.27. The van der Waals surface area contributed by atoms with Gasteiger partial charge in [-0.15, -0.1) is 0 Å². The largest absolute Gasteiger partial charge is 0.455 e. The highest BCUT2D eigenvalue weighted by atomic mass is 19.4. The van der Waals surface area contributed by atoms with Crippen LogP contribution in [0, 0.1) is 5.41 Å². The Morgan fingerprint density at radius 1 is 1.33 bits per heavy atom. The lowest BCUT2D eigenvalue weighted by Gasteiger charge is -2.16. The Balaban J connectivity index is 2.73. The number of nitrogens with zero attached hydrogens (tertiary/aromatic N) is 2. The maximum atomic E-state index is 12.3. The van der Waals surface area contributed by atoms with Crippen LogP contribution in [0.1, 0.15) is 26.5 Å². The molecule has 0 aliphatic carbocycles. The molecule has 4 nitrogen and oxygen atoms in total. The normalized spacial score (nSPS) is 12.3. The van der Waals surface area contributed by atoms with Gasteiger partial charge in [-0.05, 0) is 6.07 Å². The molecule has 0 aromatic carbocycles. The van der Waals surface area contributed by atoms with Crippen LogP contribution in [0.25, 0.3) is 0 Å². The van der Waals surface area contributed by atoms with Gasteiger partial charge in [-0.1, -0.05) is 20.8 Å². The highest BCUT2D eigenvalue weighted by Gasteiger charge is 2.33. The van der Waals surface area contributed by atoms with Crippen molar-refractivity contribution in [3.05, 3.63) is 18.0 Å². The quantitative estimate of drug-likeness (QED) is 0.839. The molecule has 0 fully saturated rings. The standard InChI is InChI=1S/C11H13F3N2O2/c1-10(2,3)8(17)6-18-9-15-5-4-7(16-9)11(12,13)14/h4-5H,6H2,1-3H3. The molecule has 0 aliphatic rings. The predicted molar refractivity (Wildman–Crippen MR) is 57.0 cm³/mol. The number of ketones is 1. The number of alkyl halides is 3. The molecule has 7 heteroatoms. The molecule has 0 saturated heterocycles. The SMILES string of the molecule is CC(C)(C)C(=O)COc1nccc(C(F)(F)F)n1. The maximum Gasteiger partial charge on any atom is 0.433 e. The summed E-state index contributed by atoms with van der Waals surface area (Å²) < 4.78 is 41.9. The van der Waals surface area contributed by atoms with Crippen molar-refractivity contribution in [3.8, 4) is 6.01 Å². The van der Waals surface area contributed by atoms with E-state index in [9.17, 15) is 18.0 Å². The number of hydrogen-bond acceptors (Lipinski definition) is 4. The molecule has 0 unspecified atom stereocenters. The fraction of sp³-hybridized carbons (Fsp3) is 0.545. The molecular formula is C11H13F3N2O2. The molecule has 0 aliphatic heterocycles. The number of halogens is 3. The van der Waals surface area contributed by atoms with E-state index in [1.807, 2.05) is 0 Å². The first-order chi connectivity index (χ1) is 8.10. The lowest BCUT2D eigenvalue weighted by molar-refractivity contribution is -0.141. The third-order valence-electron chi connectivity index (χ3n) is 2.09. The van der Waals surface area contributed by atoms with Gasteiger partial charge in [0.2, 0.25) is 0 Å². The minimum Gasteiger partial charge on any atom is -0.455 e. The molecule has 1 heterocycles. The second-order valence-electron chi connectivity index (χ2n) is 4.68. The topological polar surface area (TPSA) is 52.1 Å². The third kappa shape index (κ3) is 3.97. The Bertz CT molecular complexity index is 439. The Labute approximate surface area is 102 Å². The second kappa shape index (κ2) is 4.91. The zero-order valence-electron chi connectivity index (χ0n) is 10.2. The lowest BCUT2D eigenvalue weighted by atomic mass is 9.91. The molecule has 1 aromatic heterocycles. The highest BCUT2D eigenvalue weighted by molar-refractivity contribution is 5.84. The number of aromatic nitrogens is 2. The predicted octanol–water partition coefficient (Wildman–Crippen LogP) is 2.49. The fourth-order valence-corrected chi connectivity index (χ4v) is 0.915. The molecule has 0 atom stereocenters. The van der Waals surface area contributed by atoms with E-state index in [0.29, 0.717) is 0 Å². The van der Waals surface area contributed by atoms with Crippen LogP contribution in [-0.2, 0) is 11.0 Å². The van der Waals surface area contributed by atoms with Crippen molar-refractivity contribution < 1.29 is 22.7 Å². The number of carbonyl (C=O) groups excluding carboxylic acids is 1. The van der Waals surface area contributed by atoms with Crippen LogP contribution in [0.3, 0.4) is 0 Å². The van der Waals surface area contributed by atoms with Crippen LogP contribution in [-0.4, -0.2) is 22.4 Å². The van der Waals surface area contributed by atoms with Crippen molar-refractivity contribution in [1.82, 2.24) is 9.97 Å². The van der Waals surface area contributed by atoms with Crippen molar-refractivity contribution in [2.45, 2.75) is 26.9 Å². The summed E-state index contributed by atoms with van der Waals surface area (Å²) in [4.78, 5) is 18.2. The molecule has 1 aromatic rings. The third-order valence-corrected chi connectivity index (χ3v) is 2.09. The molecule has 1 rings (SSSR count). The number of ether oxygens (including phenoxy) is 1. The molecule has 0 radical (unpaired) electrons. The number of hydrogen-bond donors (Lipinski definition) is 0. The first kappa shape index (κ1) is 14.4. The van der Waals surface area contributed by atoms with Crippen LogP contribution >= 0.6 is 0 Å². The zero-order valence-corrected chi connectivity index (χ0v) is 10.2. The van der Waals surface area contributed by atoms with Crippen LogP contribution in [0.2, 0.25) is 0 Å². The fourth-order valence-electron chi connectivity index (χ4n) is 0.915. The van der Waals surface area contributed by atoms with Gasteiger partial charge in [0.25, 0.3) is 0 Å². The van der Waals surface area contributed by atoms with Gasteiger partial charge < -0.3 is 4.74 Å². The Morgan fingerprint density at radius 3 is 2.44 bits per heavy atom. The van der Waals surface area contributed by atoms with Crippen molar-refractivity contribution in [2.24, 2.45) is 5.41 Å². The van der Waals surface area contributed by atoms with Crippen molar-refractivity contribution in [1.29, 1.82) is 0 Å². The van der Waals surface area contributed by atoms with E-state index in [0.717, 1.165) is 12.3 Å². The van der Waals surface area contributed by atoms with Gasteiger partial charge in [-0.2, -0.15) is 18.2 Å². The van der Waals surface area contributed by atoms with Crippen molar-refractivity contribution in [3.63, 3.8) is 0 Å². The van der Waals surface area contributed by atoms with Crippen LogP contribution in [0.5, 0.6) is 6.01 Å². The average Bonchev–Trinajstić information content (AvgIpc) is 2.23. The van der Waals surface area contributed by atoms with Gasteiger partial charge in [0, 0.05) is 11.6 Å². The molecule has 100 valence electrons. The molecule has 18 heavy (non-hydrogen) atoms. The van der Waals surface area contributed by atoms with E-state index in [1.54, 1.807) is 20.8 Å². The first-order valence-electron chi connectivity index (χ1n) is 5.17. The van der Waals surface area contributed by atoms with E-state index < -0.39 is 23.3 Å². The van der Waals surface area contributed by atoms with Gasteiger partial charge in [-0.3, -0.25) is 4.79 Å².